The fraction of sp³-hybridized carbons (Fsp3) is 0.364. The largest absolute Gasteiger partial charge is 0.482 e. The molecule has 0 saturated carbocycles. The molecule has 0 radical (unpaired) electrons. The predicted molar refractivity (Wildman–Crippen MR) is 116 cm³/mol. The zero-order valence-electron chi connectivity index (χ0n) is 17.3. The maximum atomic E-state index is 13.2. The summed E-state index contributed by atoms with van der Waals surface area (Å²) in [7, 11) is -3.82. The van der Waals surface area contributed by atoms with Crippen LogP contribution in [-0.4, -0.2) is 44.2 Å². The summed E-state index contributed by atoms with van der Waals surface area (Å²) in [6.45, 7) is 2.41. The zero-order valence-corrected chi connectivity index (χ0v) is 18.1. The van der Waals surface area contributed by atoms with Crippen LogP contribution in [0.15, 0.2) is 47.4 Å². The van der Waals surface area contributed by atoms with E-state index in [1.807, 2.05) is 31.2 Å². The molecule has 1 saturated heterocycles. The Kier molecular flexibility index (Phi) is 5.97. The van der Waals surface area contributed by atoms with Gasteiger partial charge in [-0.3, -0.25) is 9.59 Å². The molecule has 2 aromatic carbocycles. The van der Waals surface area contributed by atoms with Crippen LogP contribution in [0.3, 0.4) is 0 Å². The first-order valence-corrected chi connectivity index (χ1v) is 11.8. The molecule has 4 rings (SSSR count). The Hall–Kier alpha value is -2.91. The van der Waals surface area contributed by atoms with Gasteiger partial charge in [-0.15, -0.1) is 0 Å². The molecule has 164 valence electrons. The second-order valence-corrected chi connectivity index (χ2v) is 9.68. The number of nitrogens with zero attached hydrogens (tertiary/aromatic N) is 1. The van der Waals surface area contributed by atoms with Crippen molar-refractivity contribution < 1.29 is 22.7 Å². The van der Waals surface area contributed by atoms with Crippen molar-refractivity contribution in [1.82, 2.24) is 4.31 Å². The normalized spacial score (nSPS) is 19.1. The van der Waals surface area contributed by atoms with Gasteiger partial charge in [0.05, 0.1) is 16.5 Å². The van der Waals surface area contributed by atoms with Crippen molar-refractivity contribution in [3.63, 3.8) is 0 Å². The Bertz CT molecular complexity index is 1120. The van der Waals surface area contributed by atoms with E-state index in [1.54, 1.807) is 0 Å². The van der Waals surface area contributed by atoms with Crippen molar-refractivity contribution in [2.24, 2.45) is 5.92 Å². The van der Waals surface area contributed by atoms with E-state index in [9.17, 15) is 18.0 Å². The number of carbonyl (C=O) groups is 2. The van der Waals surface area contributed by atoms with Crippen molar-refractivity contribution >= 4 is 33.2 Å². The van der Waals surface area contributed by atoms with Gasteiger partial charge in [0.2, 0.25) is 15.9 Å². The predicted octanol–water partition coefficient (Wildman–Crippen LogP) is 2.62. The van der Waals surface area contributed by atoms with Crippen LogP contribution in [-0.2, 0) is 26.0 Å². The Morgan fingerprint density at radius 3 is 2.90 bits per heavy atom. The molecule has 0 bridgehead atoms. The first-order chi connectivity index (χ1) is 14.9. The smallest absolute Gasteiger partial charge is 0.262 e. The molecule has 8 nitrogen and oxygen atoms in total. The van der Waals surface area contributed by atoms with Crippen LogP contribution < -0.4 is 15.4 Å². The number of anilines is 2. The third-order valence-corrected chi connectivity index (χ3v) is 7.44. The lowest BCUT2D eigenvalue weighted by atomic mass is 9.98. The number of sulfonamides is 1. The van der Waals surface area contributed by atoms with Crippen LogP contribution in [0, 0.1) is 5.92 Å². The summed E-state index contributed by atoms with van der Waals surface area (Å²) in [6.07, 6.45) is 2.09. The van der Waals surface area contributed by atoms with Crippen molar-refractivity contribution in [2.45, 2.75) is 31.1 Å². The minimum Gasteiger partial charge on any atom is -0.482 e. The molecule has 1 fully saturated rings. The number of piperidine rings is 1. The summed E-state index contributed by atoms with van der Waals surface area (Å²) < 4.78 is 33.1. The Morgan fingerprint density at radius 1 is 1.26 bits per heavy atom. The summed E-state index contributed by atoms with van der Waals surface area (Å²) in [5.74, 6) is -0.513. The highest BCUT2D eigenvalue weighted by Gasteiger charge is 2.34. The van der Waals surface area contributed by atoms with Gasteiger partial charge >= 0.3 is 0 Å². The molecule has 2 aromatic rings. The number of benzene rings is 2. The van der Waals surface area contributed by atoms with Crippen LogP contribution in [0.4, 0.5) is 11.4 Å². The second-order valence-electron chi connectivity index (χ2n) is 7.74. The van der Waals surface area contributed by atoms with E-state index in [4.69, 9.17) is 4.74 Å². The molecular weight excluding hydrogens is 418 g/mol. The number of aryl methyl sites for hydroxylation is 1. The molecule has 0 spiro atoms. The summed E-state index contributed by atoms with van der Waals surface area (Å²) in [5, 5.41) is 5.55. The number of hydrogen-bond donors (Lipinski definition) is 2. The van der Waals surface area contributed by atoms with Crippen LogP contribution in [0.1, 0.15) is 25.3 Å². The number of hydrogen-bond acceptors (Lipinski definition) is 5. The van der Waals surface area contributed by atoms with Crippen LogP contribution in [0.25, 0.3) is 0 Å². The summed E-state index contributed by atoms with van der Waals surface area (Å²) in [4.78, 5) is 24.4. The summed E-state index contributed by atoms with van der Waals surface area (Å²) in [5.41, 5.74) is 2.17. The highest BCUT2D eigenvalue weighted by Crippen LogP contribution is 2.32. The number of fused-ring (bicyclic) bond motifs is 1. The molecule has 2 N–H and O–H groups in total. The monoisotopic (exact) mass is 443 g/mol. The molecule has 2 aliphatic rings. The molecule has 9 heteroatoms. The standard InChI is InChI=1S/C22H25N3O5S/c1-2-15-5-3-7-17(11-15)23-22(27)16-6-4-10-25(13-16)31(28,29)18-8-9-20-19(12-18)24-21(26)14-30-20/h3,5,7-9,11-12,16H,2,4,6,10,13-14H2,1H3,(H,23,27)(H,24,26). The molecule has 1 atom stereocenters. The highest BCUT2D eigenvalue weighted by molar-refractivity contribution is 7.89. The molecule has 0 aromatic heterocycles. The lowest BCUT2D eigenvalue weighted by Gasteiger charge is -2.31. The van der Waals surface area contributed by atoms with Crippen LogP contribution in [0.2, 0.25) is 0 Å². The molecule has 0 aliphatic carbocycles. The van der Waals surface area contributed by atoms with Gasteiger partial charge in [-0.1, -0.05) is 19.1 Å². The molecule has 2 aliphatic heterocycles. The van der Waals surface area contributed by atoms with E-state index in [0.717, 1.165) is 17.7 Å². The van der Waals surface area contributed by atoms with E-state index in [1.165, 1.54) is 22.5 Å². The number of rotatable bonds is 5. The van der Waals surface area contributed by atoms with E-state index >= 15 is 0 Å². The average molecular weight is 444 g/mol. The summed E-state index contributed by atoms with van der Waals surface area (Å²) >= 11 is 0. The minimum absolute atomic E-state index is 0.0637. The Balaban J connectivity index is 1.49. The fourth-order valence-electron chi connectivity index (χ4n) is 3.86. The lowest BCUT2D eigenvalue weighted by Crippen LogP contribution is -2.43. The van der Waals surface area contributed by atoms with Crippen LogP contribution >= 0.6 is 0 Å². The maximum absolute atomic E-state index is 13.2. The first kappa shape index (κ1) is 21.3. The third-order valence-electron chi connectivity index (χ3n) is 5.58. The molecule has 1 unspecified atom stereocenters. The SMILES string of the molecule is CCc1cccc(NC(=O)C2CCCN(S(=O)(=O)c3ccc4c(c3)NC(=O)CO4)C2)c1. The van der Waals surface area contributed by atoms with Gasteiger partial charge < -0.3 is 15.4 Å². The third kappa shape index (κ3) is 4.57. The van der Waals surface area contributed by atoms with Gasteiger partial charge in [0.1, 0.15) is 5.75 Å². The Morgan fingerprint density at radius 2 is 2.10 bits per heavy atom. The van der Waals surface area contributed by atoms with E-state index in [0.29, 0.717) is 30.8 Å². The van der Waals surface area contributed by atoms with E-state index in [2.05, 4.69) is 10.6 Å². The fourth-order valence-corrected chi connectivity index (χ4v) is 5.41. The maximum Gasteiger partial charge on any atom is 0.262 e. The molecule has 2 heterocycles. The van der Waals surface area contributed by atoms with Crippen molar-refractivity contribution in [3.05, 3.63) is 48.0 Å². The topological polar surface area (TPSA) is 105 Å². The van der Waals surface area contributed by atoms with Crippen molar-refractivity contribution in [2.75, 3.05) is 30.3 Å². The zero-order chi connectivity index (χ0) is 22.0. The average Bonchev–Trinajstić information content (AvgIpc) is 2.78. The first-order valence-electron chi connectivity index (χ1n) is 10.3. The van der Waals surface area contributed by atoms with Gasteiger partial charge in [-0.25, -0.2) is 8.42 Å². The van der Waals surface area contributed by atoms with Crippen LogP contribution in [0.5, 0.6) is 5.75 Å². The number of ether oxygens (including phenoxy) is 1. The Labute approximate surface area is 181 Å². The van der Waals surface area contributed by atoms with Crippen molar-refractivity contribution in [3.8, 4) is 5.75 Å². The van der Waals surface area contributed by atoms with Crippen molar-refractivity contribution in [1.29, 1.82) is 0 Å². The lowest BCUT2D eigenvalue weighted by molar-refractivity contribution is -0.121. The molecular formula is C22H25N3O5S. The van der Waals surface area contributed by atoms with E-state index in [-0.39, 0.29) is 29.9 Å². The van der Waals surface area contributed by atoms with Gasteiger partial charge in [0.15, 0.2) is 6.61 Å². The van der Waals surface area contributed by atoms with E-state index < -0.39 is 15.9 Å². The van der Waals surface area contributed by atoms with Gasteiger partial charge in [0.25, 0.3) is 5.91 Å². The number of amides is 2. The second kappa shape index (κ2) is 8.68. The highest BCUT2D eigenvalue weighted by atomic mass is 32.2. The molecule has 2 amide bonds. The minimum atomic E-state index is -3.82. The summed E-state index contributed by atoms with van der Waals surface area (Å²) in [6, 6.07) is 12.1. The number of nitrogens with one attached hydrogen (secondary N) is 2. The molecule has 31 heavy (non-hydrogen) atoms. The van der Waals surface area contributed by atoms with Gasteiger partial charge in [-0.05, 0) is 55.2 Å². The number of carbonyl (C=O) groups excluding carboxylic acids is 2. The van der Waals surface area contributed by atoms with Gasteiger partial charge in [0, 0.05) is 18.8 Å². The quantitative estimate of drug-likeness (QED) is 0.739. The van der Waals surface area contributed by atoms with Gasteiger partial charge in [-0.2, -0.15) is 4.31 Å².